The fourth-order valence-corrected chi connectivity index (χ4v) is 4.45. The Morgan fingerprint density at radius 3 is 2.33 bits per heavy atom. The predicted molar refractivity (Wildman–Crippen MR) is 96.1 cm³/mol. The second kappa shape index (κ2) is 9.73. The molecule has 0 aromatic carbocycles. The van der Waals surface area contributed by atoms with E-state index in [1.807, 2.05) is 0 Å². The van der Waals surface area contributed by atoms with Crippen molar-refractivity contribution >= 4 is 5.91 Å². The van der Waals surface area contributed by atoms with Crippen LogP contribution in [0, 0.1) is 0 Å². The number of piperidine rings is 1. The molecule has 3 rings (SSSR count). The number of nitrogens with zero attached hydrogens (tertiary/aromatic N) is 1. The third-order valence-corrected chi connectivity index (χ3v) is 5.91. The number of hydrogen-bond acceptors (Lipinski definition) is 4. The number of carbonyl (C=O) groups excluding carboxylic acids is 1. The first-order chi connectivity index (χ1) is 11.8. The molecule has 5 nitrogen and oxygen atoms in total. The third kappa shape index (κ3) is 5.43. The first-order valence-electron chi connectivity index (χ1n) is 10.2. The molecule has 24 heavy (non-hydrogen) atoms. The molecule has 2 saturated heterocycles. The quantitative estimate of drug-likeness (QED) is 0.806. The minimum absolute atomic E-state index is 0.157. The lowest BCUT2D eigenvalue weighted by molar-refractivity contribution is -0.121. The van der Waals surface area contributed by atoms with Gasteiger partial charge < -0.3 is 15.4 Å². The van der Waals surface area contributed by atoms with Gasteiger partial charge in [0, 0.05) is 12.1 Å². The third-order valence-electron chi connectivity index (χ3n) is 5.91. The monoisotopic (exact) mass is 337 g/mol. The molecule has 3 aliphatic rings. The van der Waals surface area contributed by atoms with E-state index in [2.05, 4.69) is 15.5 Å². The van der Waals surface area contributed by atoms with E-state index in [1.54, 1.807) is 0 Å². The van der Waals surface area contributed by atoms with Gasteiger partial charge in [-0.05, 0) is 38.8 Å². The van der Waals surface area contributed by atoms with Crippen LogP contribution < -0.4 is 10.6 Å². The van der Waals surface area contributed by atoms with E-state index in [-0.39, 0.29) is 5.91 Å². The summed E-state index contributed by atoms with van der Waals surface area (Å²) in [4.78, 5) is 14.9. The molecule has 138 valence electrons. The van der Waals surface area contributed by atoms with Gasteiger partial charge >= 0.3 is 0 Å². The van der Waals surface area contributed by atoms with Crippen molar-refractivity contribution in [2.75, 3.05) is 32.8 Å². The van der Waals surface area contributed by atoms with Crippen molar-refractivity contribution in [2.24, 2.45) is 0 Å². The Hall–Kier alpha value is -0.650. The van der Waals surface area contributed by atoms with E-state index < -0.39 is 0 Å². The Labute approximate surface area is 146 Å². The van der Waals surface area contributed by atoms with E-state index in [0.29, 0.717) is 24.7 Å². The molecular formula is C19H35N3O2. The summed E-state index contributed by atoms with van der Waals surface area (Å²) in [5.41, 5.74) is 0. The average molecular weight is 338 g/mol. The van der Waals surface area contributed by atoms with Crippen LogP contribution in [-0.4, -0.2) is 61.8 Å². The van der Waals surface area contributed by atoms with Crippen molar-refractivity contribution in [2.45, 2.75) is 82.3 Å². The minimum Gasteiger partial charge on any atom is -0.378 e. The molecule has 1 amide bonds. The Kier molecular flexibility index (Phi) is 7.36. The molecule has 0 bridgehead atoms. The number of likely N-dealkylation sites (tertiary alicyclic amines) is 1. The van der Waals surface area contributed by atoms with Crippen LogP contribution in [0.15, 0.2) is 0 Å². The van der Waals surface area contributed by atoms with E-state index >= 15 is 0 Å². The molecule has 1 saturated carbocycles. The Morgan fingerprint density at radius 1 is 0.917 bits per heavy atom. The van der Waals surface area contributed by atoms with Crippen molar-refractivity contribution in [3.8, 4) is 0 Å². The topological polar surface area (TPSA) is 53.6 Å². The zero-order chi connectivity index (χ0) is 16.6. The van der Waals surface area contributed by atoms with Gasteiger partial charge in [0.2, 0.25) is 5.91 Å². The summed E-state index contributed by atoms with van der Waals surface area (Å²) in [6, 6.07) is 1.13. The van der Waals surface area contributed by atoms with E-state index in [9.17, 15) is 4.79 Å². The van der Waals surface area contributed by atoms with Gasteiger partial charge in [0.1, 0.15) is 0 Å². The van der Waals surface area contributed by atoms with Crippen LogP contribution >= 0.6 is 0 Å². The molecule has 2 N–H and O–H groups in total. The first-order valence-corrected chi connectivity index (χ1v) is 10.2. The van der Waals surface area contributed by atoms with Gasteiger partial charge in [0.15, 0.2) is 0 Å². The summed E-state index contributed by atoms with van der Waals surface area (Å²) in [6.07, 6.45) is 12.8. The largest absolute Gasteiger partial charge is 0.378 e. The lowest BCUT2D eigenvalue weighted by atomic mass is 9.97. The normalized spacial score (nSPS) is 30.7. The molecule has 3 fully saturated rings. The van der Waals surface area contributed by atoms with E-state index in [4.69, 9.17) is 4.74 Å². The summed E-state index contributed by atoms with van der Waals surface area (Å²) in [6.45, 7) is 4.33. The summed E-state index contributed by atoms with van der Waals surface area (Å²) >= 11 is 0. The second-order valence-electron chi connectivity index (χ2n) is 7.80. The standard InChI is InChI=1S/C19H35N3O2/c23-19(21-16-9-5-2-1-3-6-10-16)13-20-17-14-24-15-18(17)22-11-7-4-8-12-22/h16-18,20H,1-15H2,(H,21,23)/t17-,18-/m0/s1. The number of rotatable bonds is 5. The number of ether oxygens (including phenoxy) is 1. The maximum atomic E-state index is 12.3. The van der Waals surface area contributed by atoms with Crippen molar-refractivity contribution in [1.29, 1.82) is 0 Å². The van der Waals surface area contributed by atoms with Crippen molar-refractivity contribution in [3.63, 3.8) is 0 Å². The number of carbonyl (C=O) groups is 1. The second-order valence-corrected chi connectivity index (χ2v) is 7.80. The highest BCUT2D eigenvalue weighted by Crippen LogP contribution is 2.19. The fourth-order valence-electron chi connectivity index (χ4n) is 4.45. The van der Waals surface area contributed by atoms with Gasteiger partial charge in [-0.2, -0.15) is 0 Å². The van der Waals surface area contributed by atoms with Crippen LogP contribution in [0.25, 0.3) is 0 Å². The maximum absolute atomic E-state index is 12.3. The van der Waals surface area contributed by atoms with E-state index in [1.165, 1.54) is 64.5 Å². The van der Waals surface area contributed by atoms with Crippen LogP contribution in [0.4, 0.5) is 0 Å². The van der Waals surface area contributed by atoms with Crippen molar-refractivity contribution < 1.29 is 9.53 Å². The molecule has 2 aliphatic heterocycles. The highest BCUT2D eigenvalue weighted by atomic mass is 16.5. The molecule has 0 unspecified atom stereocenters. The van der Waals surface area contributed by atoms with E-state index in [0.717, 1.165) is 26.1 Å². The van der Waals surface area contributed by atoms with Gasteiger partial charge in [-0.1, -0.05) is 38.5 Å². The highest BCUT2D eigenvalue weighted by molar-refractivity contribution is 5.78. The summed E-state index contributed by atoms with van der Waals surface area (Å²) in [5, 5.41) is 6.72. The zero-order valence-electron chi connectivity index (χ0n) is 15.1. The Bertz CT molecular complexity index is 377. The molecule has 0 aromatic heterocycles. The van der Waals surface area contributed by atoms with Crippen molar-refractivity contribution in [1.82, 2.24) is 15.5 Å². The number of amides is 1. The predicted octanol–water partition coefficient (Wildman–Crippen LogP) is 2.06. The fraction of sp³-hybridized carbons (Fsp3) is 0.947. The van der Waals surface area contributed by atoms with Crippen LogP contribution in [-0.2, 0) is 9.53 Å². The summed E-state index contributed by atoms with van der Waals surface area (Å²) in [5.74, 6) is 0.157. The molecule has 2 atom stereocenters. The smallest absolute Gasteiger partial charge is 0.234 e. The van der Waals surface area contributed by atoms with Crippen LogP contribution in [0.1, 0.15) is 64.2 Å². The van der Waals surface area contributed by atoms with Crippen molar-refractivity contribution in [3.05, 3.63) is 0 Å². The maximum Gasteiger partial charge on any atom is 0.234 e. The molecule has 5 heteroatoms. The Morgan fingerprint density at radius 2 is 1.58 bits per heavy atom. The summed E-state index contributed by atoms with van der Waals surface area (Å²) < 4.78 is 5.70. The first kappa shape index (κ1) is 18.2. The van der Waals surface area contributed by atoms with Crippen LogP contribution in [0.3, 0.4) is 0 Å². The van der Waals surface area contributed by atoms with Crippen LogP contribution in [0.2, 0.25) is 0 Å². The van der Waals surface area contributed by atoms with Gasteiger partial charge in [-0.3, -0.25) is 9.69 Å². The molecule has 0 aromatic rings. The molecule has 0 radical (unpaired) electrons. The lowest BCUT2D eigenvalue weighted by Crippen LogP contribution is -2.53. The van der Waals surface area contributed by atoms with Gasteiger partial charge in [-0.15, -0.1) is 0 Å². The molecule has 1 aliphatic carbocycles. The van der Waals surface area contributed by atoms with Gasteiger partial charge in [0.05, 0.1) is 25.8 Å². The average Bonchev–Trinajstić information content (AvgIpc) is 3.05. The molecule has 2 heterocycles. The number of nitrogens with one attached hydrogen (secondary N) is 2. The van der Waals surface area contributed by atoms with Gasteiger partial charge in [-0.25, -0.2) is 0 Å². The minimum atomic E-state index is 0.157. The summed E-state index contributed by atoms with van der Waals surface area (Å²) in [7, 11) is 0. The SMILES string of the molecule is O=C(CN[C@H]1COC[C@@H]1N1CCCCC1)NC1CCCCCCC1. The molecular weight excluding hydrogens is 302 g/mol. The zero-order valence-corrected chi connectivity index (χ0v) is 15.1. The van der Waals surface area contributed by atoms with Gasteiger partial charge in [0.25, 0.3) is 0 Å². The number of hydrogen-bond donors (Lipinski definition) is 2. The highest BCUT2D eigenvalue weighted by Gasteiger charge is 2.33. The lowest BCUT2D eigenvalue weighted by Gasteiger charge is -2.34. The molecule has 0 spiro atoms. The Balaban J connectivity index is 1.39. The van der Waals surface area contributed by atoms with Crippen LogP contribution in [0.5, 0.6) is 0 Å².